The van der Waals surface area contributed by atoms with E-state index in [0.29, 0.717) is 12.2 Å². The minimum atomic E-state index is -0.169. The second kappa shape index (κ2) is 8.51. The van der Waals surface area contributed by atoms with Crippen LogP contribution in [0.5, 0.6) is 5.75 Å². The Morgan fingerprint density at radius 1 is 1.31 bits per heavy atom. The zero-order valence-electron chi connectivity index (χ0n) is 15.4. The highest BCUT2D eigenvalue weighted by molar-refractivity contribution is 5.93. The van der Waals surface area contributed by atoms with Crippen LogP contribution in [0.4, 0.5) is 0 Å². The second-order valence-electron chi connectivity index (χ2n) is 6.88. The molecule has 1 amide bonds. The Morgan fingerprint density at radius 2 is 1.96 bits per heavy atom. The maximum absolute atomic E-state index is 12.5. The predicted octanol–water partition coefficient (Wildman–Crippen LogP) is 2.13. The first-order valence-corrected chi connectivity index (χ1v) is 8.58. The van der Waals surface area contributed by atoms with Crippen molar-refractivity contribution in [2.24, 2.45) is 5.41 Å². The van der Waals surface area contributed by atoms with E-state index in [0.717, 1.165) is 43.1 Å². The zero-order chi connectivity index (χ0) is 17.9. The number of ether oxygens (including phenoxy) is 1. The van der Waals surface area contributed by atoms with E-state index in [-0.39, 0.29) is 23.7 Å². The van der Waals surface area contributed by atoms with Crippen molar-refractivity contribution in [1.82, 2.24) is 25.6 Å². The van der Waals surface area contributed by atoms with Crippen LogP contribution in [0.3, 0.4) is 0 Å². The number of benzene rings is 1. The number of amides is 1. The molecule has 1 aromatic heterocycles. The molecule has 1 aromatic carbocycles. The van der Waals surface area contributed by atoms with E-state index in [1.54, 1.807) is 11.8 Å². The fourth-order valence-electron chi connectivity index (χ4n) is 3.09. The highest BCUT2D eigenvalue weighted by Crippen LogP contribution is 2.26. The van der Waals surface area contributed by atoms with E-state index in [1.807, 2.05) is 31.2 Å². The highest BCUT2D eigenvalue weighted by Gasteiger charge is 2.28. The first kappa shape index (κ1) is 20.2. The van der Waals surface area contributed by atoms with Crippen molar-refractivity contribution in [2.75, 3.05) is 26.7 Å². The van der Waals surface area contributed by atoms with Crippen LogP contribution in [-0.2, 0) is 0 Å². The molecule has 0 unspecified atom stereocenters. The number of halogens is 1. The van der Waals surface area contributed by atoms with Crippen LogP contribution in [0.2, 0.25) is 0 Å². The number of hydrogen-bond acceptors (Lipinski definition) is 5. The van der Waals surface area contributed by atoms with Gasteiger partial charge in [-0.2, -0.15) is 0 Å². The number of methoxy groups -OCH3 is 1. The normalized spacial score (nSPS) is 15.8. The molecule has 0 aliphatic carbocycles. The molecule has 2 N–H and O–H groups in total. The van der Waals surface area contributed by atoms with Gasteiger partial charge in [0.25, 0.3) is 5.91 Å². The molecular weight excluding hydrogens is 354 g/mol. The summed E-state index contributed by atoms with van der Waals surface area (Å²) in [4.78, 5) is 12.5. The number of nitrogens with one attached hydrogen (secondary N) is 2. The Balaban J connectivity index is 0.00000243. The molecule has 142 valence electrons. The van der Waals surface area contributed by atoms with Crippen LogP contribution in [-0.4, -0.2) is 47.6 Å². The van der Waals surface area contributed by atoms with Crippen LogP contribution < -0.4 is 15.4 Å². The van der Waals surface area contributed by atoms with E-state index < -0.39 is 0 Å². The van der Waals surface area contributed by atoms with Gasteiger partial charge in [0.05, 0.1) is 18.5 Å². The SMILES string of the molecule is COc1ccc(-n2nnc(C(=O)NCC3(C)CCNCC3)c2C)cc1.Cl. The smallest absolute Gasteiger partial charge is 0.273 e. The Kier molecular flexibility index (Phi) is 6.61. The maximum atomic E-state index is 12.5. The van der Waals surface area contributed by atoms with Crippen molar-refractivity contribution < 1.29 is 9.53 Å². The molecule has 8 heteroatoms. The number of carbonyl (C=O) groups excluding carboxylic acids is 1. The van der Waals surface area contributed by atoms with Gasteiger partial charge in [-0.15, -0.1) is 17.5 Å². The molecule has 0 saturated carbocycles. The lowest BCUT2D eigenvalue weighted by Crippen LogP contribution is -2.43. The van der Waals surface area contributed by atoms with Gasteiger partial charge < -0.3 is 15.4 Å². The highest BCUT2D eigenvalue weighted by atomic mass is 35.5. The van der Waals surface area contributed by atoms with E-state index in [9.17, 15) is 4.79 Å². The summed E-state index contributed by atoms with van der Waals surface area (Å²) in [6.45, 7) is 6.72. The minimum absolute atomic E-state index is 0. The van der Waals surface area contributed by atoms with E-state index >= 15 is 0 Å². The summed E-state index contributed by atoms with van der Waals surface area (Å²) in [5, 5.41) is 14.6. The number of rotatable bonds is 5. The number of aromatic nitrogens is 3. The molecule has 0 radical (unpaired) electrons. The average molecular weight is 380 g/mol. The predicted molar refractivity (Wildman–Crippen MR) is 102 cm³/mol. The molecule has 0 atom stereocenters. The Labute approximate surface area is 159 Å². The average Bonchev–Trinajstić information content (AvgIpc) is 3.02. The van der Waals surface area contributed by atoms with E-state index in [2.05, 4.69) is 27.9 Å². The molecule has 7 nitrogen and oxygen atoms in total. The van der Waals surface area contributed by atoms with Crippen LogP contribution in [0.15, 0.2) is 24.3 Å². The van der Waals surface area contributed by atoms with Gasteiger partial charge in [-0.3, -0.25) is 4.79 Å². The largest absolute Gasteiger partial charge is 0.497 e. The summed E-state index contributed by atoms with van der Waals surface area (Å²) in [5.41, 5.74) is 2.07. The molecule has 1 aliphatic rings. The quantitative estimate of drug-likeness (QED) is 0.831. The fraction of sp³-hybridized carbons (Fsp3) is 0.500. The zero-order valence-corrected chi connectivity index (χ0v) is 16.2. The monoisotopic (exact) mass is 379 g/mol. The van der Waals surface area contributed by atoms with Crippen LogP contribution in [0.1, 0.15) is 35.9 Å². The van der Waals surface area contributed by atoms with Gasteiger partial charge in [-0.1, -0.05) is 12.1 Å². The molecule has 2 heterocycles. The standard InChI is InChI=1S/C18H25N5O2.ClH/c1-13-16(17(24)20-12-18(2)8-10-19-11-9-18)21-22-23(13)14-4-6-15(25-3)7-5-14;/h4-7,19H,8-12H2,1-3H3,(H,20,24);1H. The Morgan fingerprint density at radius 3 is 2.58 bits per heavy atom. The van der Waals surface area contributed by atoms with E-state index in [1.165, 1.54) is 0 Å². The minimum Gasteiger partial charge on any atom is -0.497 e. The third-order valence-electron chi connectivity index (χ3n) is 4.91. The summed E-state index contributed by atoms with van der Waals surface area (Å²) < 4.78 is 6.83. The van der Waals surface area contributed by atoms with Crippen molar-refractivity contribution in [3.63, 3.8) is 0 Å². The van der Waals surface area contributed by atoms with Crippen molar-refractivity contribution in [1.29, 1.82) is 0 Å². The molecule has 0 bridgehead atoms. The first-order chi connectivity index (χ1) is 12.0. The summed E-state index contributed by atoms with van der Waals surface area (Å²) >= 11 is 0. The van der Waals surface area contributed by atoms with Crippen LogP contribution in [0, 0.1) is 12.3 Å². The summed E-state index contributed by atoms with van der Waals surface area (Å²) in [7, 11) is 1.63. The van der Waals surface area contributed by atoms with Gasteiger partial charge in [0, 0.05) is 6.54 Å². The fourth-order valence-corrected chi connectivity index (χ4v) is 3.09. The third kappa shape index (κ3) is 4.34. The molecule has 2 aromatic rings. The summed E-state index contributed by atoms with van der Waals surface area (Å²) in [6.07, 6.45) is 2.12. The molecule has 1 aliphatic heterocycles. The molecular formula is C18H26ClN5O2. The van der Waals surface area contributed by atoms with Gasteiger partial charge in [0.15, 0.2) is 5.69 Å². The number of hydrogen-bond donors (Lipinski definition) is 2. The second-order valence-corrected chi connectivity index (χ2v) is 6.88. The van der Waals surface area contributed by atoms with Crippen molar-refractivity contribution >= 4 is 18.3 Å². The van der Waals surface area contributed by atoms with Crippen LogP contribution >= 0.6 is 12.4 Å². The van der Waals surface area contributed by atoms with Crippen molar-refractivity contribution in [2.45, 2.75) is 26.7 Å². The summed E-state index contributed by atoms with van der Waals surface area (Å²) in [5.74, 6) is 0.603. The van der Waals surface area contributed by atoms with Crippen molar-refractivity contribution in [3.05, 3.63) is 35.7 Å². The van der Waals surface area contributed by atoms with Gasteiger partial charge in [0.2, 0.25) is 0 Å². The summed E-state index contributed by atoms with van der Waals surface area (Å²) in [6, 6.07) is 7.48. The molecule has 3 rings (SSSR count). The lowest BCUT2D eigenvalue weighted by molar-refractivity contribution is 0.0916. The van der Waals surface area contributed by atoms with Gasteiger partial charge in [-0.05, 0) is 62.5 Å². The Hall–Kier alpha value is -2.12. The van der Waals surface area contributed by atoms with Crippen LogP contribution in [0.25, 0.3) is 5.69 Å². The lowest BCUT2D eigenvalue weighted by Gasteiger charge is -2.34. The Bertz CT molecular complexity index is 739. The topological polar surface area (TPSA) is 81.1 Å². The number of nitrogens with zero attached hydrogens (tertiary/aromatic N) is 3. The number of piperidine rings is 1. The molecule has 1 fully saturated rings. The number of carbonyl (C=O) groups is 1. The maximum Gasteiger partial charge on any atom is 0.273 e. The molecule has 26 heavy (non-hydrogen) atoms. The lowest BCUT2D eigenvalue weighted by atomic mass is 9.81. The van der Waals surface area contributed by atoms with Gasteiger partial charge in [0.1, 0.15) is 5.75 Å². The first-order valence-electron chi connectivity index (χ1n) is 8.58. The molecule has 0 spiro atoms. The molecule has 1 saturated heterocycles. The van der Waals surface area contributed by atoms with E-state index in [4.69, 9.17) is 4.74 Å². The van der Waals surface area contributed by atoms with Gasteiger partial charge in [-0.25, -0.2) is 4.68 Å². The van der Waals surface area contributed by atoms with Gasteiger partial charge >= 0.3 is 0 Å². The van der Waals surface area contributed by atoms with Crippen molar-refractivity contribution in [3.8, 4) is 11.4 Å². The third-order valence-corrected chi connectivity index (χ3v) is 4.91.